The lowest BCUT2D eigenvalue weighted by Crippen LogP contribution is -2.53. The Balaban J connectivity index is 2.12. The Hall–Kier alpha value is -3.57. The van der Waals surface area contributed by atoms with Crippen LogP contribution >= 0.6 is 11.6 Å². The van der Waals surface area contributed by atoms with Gasteiger partial charge in [0, 0.05) is 17.6 Å². The summed E-state index contributed by atoms with van der Waals surface area (Å²) in [6.45, 7) is 6.28. The van der Waals surface area contributed by atoms with Crippen molar-refractivity contribution in [3.63, 3.8) is 0 Å². The lowest BCUT2D eigenvalue weighted by molar-refractivity contribution is -0.140. The smallest absolute Gasteiger partial charge is 0.352 e. The van der Waals surface area contributed by atoms with Crippen molar-refractivity contribution in [1.82, 2.24) is 10.2 Å². The van der Waals surface area contributed by atoms with Gasteiger partial charge in [0.1, 0.15) is 12.6 Å². The minimum atomic E-state index is -4.75. The SMILES string of the molecule is CC[C@H](C)NC(=O)[C@H](CC)N(Cc1ccc(Cl)cc1)C(=O)CN(c1cccc(C(F)(F)F)c1)S(=O)(=O)c1ccc(C)cc1. The minimum Gasteiger partial charge on any atom is -0.352 e. The number of aryl methyl sites for hydroxylation is 1. The molecular formula is C31H35ClF3N3O4S. The summed E-state index contributed by atoms with van der Waals surface area (Å²) in [5, 5.41) is 3.33. The van der Waals surface area contributed by atoms with Crippen LogP contribution in [0.25, 0.3) is 0 Å². The lowest BCUT2D eigenvalue weighted by atomic mass is 10.1. The van der Waals surface area contributed by atoms with Gasteiger partial charge in [-0.2, -0.15) is 13.2 Å². The molecule has 2 atom stereocenters. The molecule has 0 aromatic heterocycles. The molecule has 1 N–H and O–H groups in total. The number of carbonyl (C=O) groups is 2. The number of nitrogens with one attached hydrogen (secondary N) is 1. The third-order valence-electron chi connectivity index (χ3n) is 7.00. The molecule has 0 aliphatic rings. The molecule has 2 amide bonds. The van der Waals surface area contributed by atoms with E-state index in [1.807, 2.05) is 13.8 Å². The Labute approximate surface area is 255 Å². The molecule has 0 spiro atoms. The number of benzene rings is 3. The Morgan fingerprint density at radius 2 is 1.58 bits per heavy atom. The van der Waals surface area contributed by atoms with Crippen molar-refractivity contribution in [2.75, 3.05) is 10.8 Å². The monoisotopic (exact) mass is 637 g/mol. The number of halogens is 4. The summed E-state index contributed by atoms with van der Waals surface area (Å²) >= 11 is 6.03. The normalized spacial score (nSPS) is 13.2. The summed E-state index contributed by atoms with van der Waals surface area (Å²) in [5.41, 5.74) is -0.0151. The number of anilines is 1. The Morgan fingerprint density at radius 3 is 2.14 bits per heavy atom. The van der Waals surface area contributed by atoms with E-state index in [9.17, 15) is 31.2 Å². The first kappa shape index (κ1) is 33.9. The standard InChI is InChI=1S/C31H35ClF3N3O4S/c1-5-22(4)36-30(40)28(6-2)37(19-23-12-14-25(32)15-13-23)29(39)20-38(26-9-7-8-24(18-26)31(33,34)35)43(41,42)27-16-10-21(3)11-17-27/h7-18,22,28H,5-6,19-20H2,1-4H3,(H,36,40)/t22-,28-/m0/s1. The van der Waals surface area contributed by atoms with Gasteiger partial charge in [-0.15, -0.1) is 0 Å². The van der Waals surface area contributed by atoms with E-state index in [1.165, 1.54) is 23.1 Å². The number of sulfonamides is 1. The Bertz CT molecular complexity index is 1510. The van der Waals surface area contributed by atoms with Gasteiger partial charge in [-0.1, -0.05) is 61.3 Å². The summed E-state index contributed by atoms with van der Waals surface area (Å²) < 4.78 is 69.3. The van der Waals surface area contributed by atoms with Crippen molar-refractivity contribution in [3.05, 3.63) is 94.5 Å². The van der Waals surface area contributed by atoms with E-state index in [4.69, 9.17) is 11.6 Å². The zero-order valence-electron chi connectivity index (χ0n) is 24.4. The number of hydrogen-bond donors (Lipinski definition) is 1. The van der Waals surface area contributed by atoms with E-state index in [0.717, 1.165) is 17.7 Å². The first-order chi connectivity index (χ1) is 20.2. The van der Waals surface area contributed by atoms with Crippen LogP contribution < -0.4 is 9.62 Å². The molecule has 232 valence electrons. The van der Waals surface area contributed by atoms with Crippen LogP contribution in [0.3, 0.4) is 0 Å². The third kappa shape index (κ3) is 8.73. The van der Waals surface area contributed by atoms with Crippen molar-refractivity contribution in [3.8, 4) is 0 Å². The molecule has 43 heavy (non-hydrogen) atoms. The van der Waals surface area contributed by atoms with Crippen molar-refractivity contribution >= 4 is 39.1 Å². The highest BCUT2D eigenvalue weighted by molar-refractivity contribution is 7.92. The van der Waals surface area contributed by atoms with Crippen LogP contribution in [0, 0.1) is 6.92 Å². The van der Waals surface area contributed by atoms with Gasteiger partial charge in [-0.25, -0.2) is 8.42 Å². The molecule has 0 aliphatic heterocycles. The van der Waals surface area contributed by atoms with Gasteiger partial charge < -0.3 is 10.2 Å². The fourth-order valence-corrected chi connectivity index (χ4v) is 5.88. The molecule has 3 aromatic carbocycles. The number of rotatable bonds is 12. The van der Waals surface area contributed by atoms with Crippen molar-refractivity contribution in [2.45, 2.75) is 70.2 Å². The average Bonchev–Trinajstić information content (AvgIpc) is 2.96. The van der Waals surface area contributed by atoms with Crippen LogP contribution in [0.5, 0.6) is 0 Å². The van der Waals surface area contributed by atoms with Crippen LogP contribution in [0.2, 0.25) is 5.02 Å². The highest BCUT2D eigenvalue weighted by Gasteiger charge is 2.36. The van der Waals surface area contributed by atoms with Gasteiger partial charge in [0.2, 0.25) is 11.8 Å². The predicted molar refractivity (Wildman–Crippen MR) is 161 cm³/mol. The number of nitrogens with zero attached hydrogens (tertiary/aromatic N) is 2. The third-order valence-corrected chi connectivity index (χ3v) is 9.04. The van der Waals surface area contributed by atoms with Gasteiger partial charge in [0.25, 0.3) is 10.0 Å². The maximum absolute atomic E-state index is 14.1. The summed E-state index contributed by atoms with van der Waals surface area (Å²) in [6.07, 6.45) is -3.90. The molecule has 12 heteroatoms. The molecule has 0 unspecified atom stereocenters. The van der Waals surface area contributed by atoms with Gasteiger partial charge in [-0.3, -0.25) is 13.9 Å². The first-order valence-corrected chi connectivity index (χ1v) is 15.6. The van der Waals surface area contributed by atoms with E-state index < -0.39 is 46.2 Å². The molecule has 0 fully saturated rings. The zero-order chi connectivity index (χ0) is 31.9. The molecular weight excluding hydrogens is 603 g/mol. The van der Waals surface area contributed by atoms with Crippen LogP contribution in [-0.2, 0) is 32.3 Å². The van der Waals surface area contributed by atoms with Crippen LogP contribution in [0.4, 0.5) is 18.9 Å². The fraction of sp³-hybridized carbons (Fsp3) is 0.355. The summed E-state index contributed by atoms with van der Waals surface area (Å²) in [4.78, 5) is 28.4. The Kier molecular flexibility index (Phi) is 11.3. The van der Waals surface area contributed by atoms with Crippen LogP contribution in [0.1, 0.15) is 50.3 Å². The maximum Gasteiger partial charge on any atom is 0.416 e. The minimum absolute atomic E-state index is 0.0660. The van der Waals surface area contributed by atoms with Gasteiger partial charge in [0.05, 0.1) is 16.1 Å². The van der Waals surface area contributed by atoms with Crippen molar-refractivity contribution in [1.29, 1.82) is 0 Å². The summed E-state index contributed by atoms with van der Waals surface area (Å²) in [5.74, 6) is -1.19. The summed E-state index contributed by atoms with van der Waals surface area (Å²) in [6, 6.07) is 15.0. The van der Waals surface area contributed by atoms with E-state index in [1.54, 1.807) is 50.2 Å². The quantitative estimate of drug-likeness (QED) is 0.243. The molecule has 0 radical (unpaired) electrons. The van der Waals surface area contributed by atoms with E-state index in [0.29, 0.717) is 27.4 Å². The number of alkyl halides is 3. The van der Waals surface area contributed by atoms with Gasteiger partial charge in [0.15, 0.2) is 0 Å². The van der Waals surface area contributed by atoms with Crippen LogP contribution in [-0.4, -0.2) is 43.8 Å². The van der Waals surface area contributed by atoms with Gasteiger partial charge >= 0.3 is 6.18 Å². The number of hydrogen-bond acceptors (Lipinski definition) is 4. The molecule has 7 nitrogen and oxygen atoms in total. The highest BCUT2D eigenvalue weighted by atomic mass is 35.5. The average molecular weight is 638 g/mol. The topological polar surface area (TPSA) is 86.8 Å². The zero-order valence-corrected chi connectivity index (χ0v) is 25.9. The second-order valence-electron chi connectivity index (χ2n) is 10.3. The number of carbonyl (C=O) groups excluding carboxylic acids is 2. The van der Waals surface area contributed by atoms with Gasteiger partial charge in [-0.05, 0) is 74.7 Å². The Morgan fingerprint density at radius 1 is 0.953 bits per heavy atom. The molecule has 0 saturated carbocycles. The molecule has 0 saturated heterocycles. The second kappa shape index (κ2) is 14.3. The van der Waals surface area contributed by atoms with E-state index >= 15 is 0 Å². The first-order valence-electron chi connectivity index (χ1n) is 13.8. The van der Waals surface area contributed by atoms with Crippen molar-refractivity contribution < 1.29 is 31.2 Å². The second-order valence-corrected chi connectivity index (χ2v) is 12.6. The van der Waals surface area contributed by atoms with Crippen LogP contribution in [0.15, 0.2) is 77.7 Å². The number of amides is 2. The molecule has 0 aliphatic carbocycles. The maximum atomic E-state index is 14.1. The van der Waals surface area contributed by atoms with Crippen molar-refractivity contribution in [2.24, 2.45) is 0 Å². The molecule has 0 heterocycles. The largest absolute Gasteiger partial charge is 0.416 e. The lowest BCUT2D eigenvalue weighted by Gasteiger charge is -2.34. The molecule has 3 rings (SSSR count). The van der Waals surface area contributed by atoms with E-state index in [2.05, 4.69) is 5.32 Å². The van der Waals surface area contributed by atoms with E-state index in [-0.39, 0.29) is 29.6 Å². The molecule has 3 aromatic rings. The summed E-state index contributed by atoms with van der Waals surface area (Å²) in [7, 11) is -4.52. The fourth-order valence-electron chi connectivity index (χ4n) is 4.35. The highest BCUT2D eigenvalue weighted by Crippen LogP contribution is 2.33. The predicted octanol–water partition coefficient (Wildman–Crippen LogP) is 6.58. The molecule has 0 bridgehead atoms.